The van der Waals surface area contributed by atoms with Crippen molar-refractivity contribution in [3.05, 3.63) is 100 Å². The zero-order valence-corrected chi connectivity index (χ0v) is 19.3. The molecule has 0 unspecified atom stereocenters. The molecule has 6 nitrogen and oxygen atoms in total. The second-order valence-electron chi connectivity index (χ2n) is 7.70. The molecule has 0 spiro atoms. The zero-order valence-electron chi connectivity index (χ0n) is 17.7. The van der Waals surface area contributed by atoms with E-state index in [0.717, 1.165) is 10.0 Å². The van der Waals surface area contributed by atoms with Crippen molar-refractivity contribution < 1.29 is 19.8 Å². The molecule has 0 saturated heterocycles. The number of halogens is 1. The first-order chi connectivity index (χ1) is 15.8. The molecule has 0 radical (unpaired) electrons. The number of aliphatic hydroxyl groups is 1. The smallest absolute Gasteiger partial charge is 0.342 e. The van der Waals surface area contributed by atoms with Crippen LogP contribution in [0.4, 0.5) is 0 Å². The van der Waals surface area contributed by atoms with E-state index >= 15 is 0 Å². The molecule has 0 aliphatic rings. The van der Waals surface area contributed by atoms with Crippen molar-refractivity contribution in [1.82, 2.24) is 10.3 Å². The van der Waals surface area contributed by atoms with Gasteiger partial charge in [0, 0.05) is 15.4 Å². The van der Waals surface area contributed by atoms with Gasteiger partial charge < -0.3 is 15.5 Å². The Kier molecular flexibility index (Phi) is 6.26. The van der Waals surface area contributed by atoms with Crippen LogP contribution in [0.25, 0.3) is 22.2 Å². The quantitative estimate of drug-likeness (QED) is 0.354. The Morgan fingerprint density at radius 3 is 2.27 bits per heavy atom. The first kappa shape index (κ1) is 22.6. The van der Waals surface area contributed by atoms with Crippen molar-refractivity contribution in [2.45, 2.75) is 12.5 Å². The van der Waals surface area contributed by atoms with E-state index in [-0.39, 0.29) is 5.56 Å². The number of nitrogens with zero attached hydrogens (tertiary/aromatic N) is 1. The summed E-state index contributed by atoms with van der Waals surface area (Å²) >= 11 is 3.45. The van der Waals surface area contributed by atoms with Crippen molar-refractivity contribution in [2.24, 2.45) is 0 Å². The van der Waals surface area contributed by atoms with Crippen molar-refractivity contribution in [3.8, 4) is 11.3 Å². The van der Waals surface area contributed by atoms with Crippen LogP contribution in [0, 0.1) is 6.92 Å². The Balaban J connectivity index is 1.78. The Hall–Kier alpha value is -3.55. The number of aliphatic carboxylic acids is 1. The van der Waals surface area contributed by atoms with E-state index in [1.165, 1.54) is 12.1 Å². The summed E-state index contributed by atoms with van der Waals surface area (Å²) in [5.74, 6) is -1.94. The number of amides is 1. The molecule has 1 atom stereocenters. The molecule has 7 heteroatoms. The minimum atomic E-state index is -2.27. The summed E-state index contributed by atoms with van der Waals surface area (Å²) in [6, 6.07) is 23.0. The number of rotatable bonds is 6. The lowest BCUT2D eigenvalue weighted by Gasteiger charge is -2.25. The fourth-order valence-corrected chi connectivity index (χ4v) is 4.17. The molecule has 0 aliphatic carbocycles. The third-order valence-corrected chi connectivity index (χ3v) is 6.07. The molecule has 4 rings (SSSR count). The topological polar surface area (TPSA) is 99.5 Å². The van der Waals surface area contributed by atoms with Gasteiger partial charge in [0.25, 0.3) is 5.91 Å². The lowest BCUT2D eigenvalue weighted by atomic mass is 9.93. The zero-order chi connectivity index (χ0) is 23.6. The molecule has 0 aliphatic heterocycles. The van der Waals surface area contributed by atoms with Gasteiger partial charge in [-0.25, -0.2) is 9.78 Å². The van der Waals surface area contributed by atoms with Crippen LogP contribution in [0.5, 0.6) is 0 Å². The van der Waals surface area contributed by atoms with Gasteiger partial charge in [-0.1, -0.05) is 76.6 Å². The van der Waals surface area contributed by atoms with Crippen LogP contribution >= 0.6 is 15.9 Å². The van der Waals surface area contributed by atoms with Crippen molar-refractivity contribution in [2.75, 3.05) is 6.54 Å². The van der Waals surface area contributed by atoms with E-state index in [1.54, 1.807) is 24.3 Å². The van der Waals surface area contributed by atoms with Gasteiger partial charge >= 0.3 is 5.97 Å². The molecular weight excluding hydrogens is 484 g/mol. The number of pyridine rings is 1. The molecule has 0 saturated carbocycles. The molecule has 33 heavy (non-hydrogen) atoms. The summed E-state index contributed by atoms with van der Waals surface area (Å²) in [5.41, 5.74) is 1.10. The number of aromatic nitrogens is 1. The average Bonchev–Trinajstić information content (AvgIpc) is 2.83. The number of nitrogens with one attached hydrogen (secondary N) is 1. The largest absolute Gasteiger partial charge is 0.479 e. The highest BCUT2D eigenvalue weighted by Crippen LogP contribution is 2.31. The summed E-state index contributed by atoms with van der Waals surface area (Å²) in [5, 5.41) is 23.8. The fraction of sp³-hybridized carbons (Fsp3) is 0.115. The summed E-state index contributed by atoms with van der Waals surface area (Å²) < 4.78 is 0.782. The van der Waals surface area contributed by atoms with E-state index in [1.807, 2.05) is 49.4 Å². The van der Waals surface area contributed by atoms with Crippen molar-refractivity contribution in [3.63, 3.8) is 0 Å². The van der Waals surface area contributed by atoms with Gasteiger partial charge in [-0.2, -0.15) is 0 Å². The highest BCUT2D eigenvalue weighted by molar-refractivity contribution is 9.10. The predicted molar refractivity (Wildman–Crippen MR) is 130 cm³/mol. The Morgan fingerprint density at radius 2 is 1.64 bits per heavy atom. The predicted octanol–water partition coefficient (Wildman–Crippen LogP) is 4.67. The maximum atomic E-state index is 13.4. The Bertz CT molecular complexity index is 1340. The molecule has 0 fully saturated rings. The van der Waals surface area contributed by atoms with Crippen LogP contribution in [-0.2, 0) is 10.4 Å². The number of carboxylic acid groups (broad SMARTS) is 1. The summed E-state index contributed by atoms with van der Waals surface area (Å²) in [7, 11) is 0. The van der Waals surface area contributed by atoms with Crippen LogP contribution in [0.2, 0.25) is 0 Å². The maximum Gasteiger partial charge on any atom is 0.342 e. The van der Waals surface area contributed by atoms with Crippen molar-refractivity contribution >= 4 is 38.7 Å². The summed E-state index contributed by atoms with van der Waals surface area (Å²) in [6.45, 7) is 1.31. The number of fused-ring (bicyclic) bond motifs is 1. The number of carbonyl (C=O) groups is 2. The van der Waals surface area contributed by atoms with Crippen LogP contribution in [-0.4, -0.2) is 33.6 Å². The highest BCUT2D eigenvalue weighted by Gasteiger charge is 2.38. The van der Waals surface area contributed by atoms with E-state index in [4.69, 9.17) is 4.98 Å². The first-order valence-electron chi connectivity index (χ1n) is 10.3. The number of hydrogen-bond donors (Lipinski definition) is 3. The Morgan fingerprint density at radius 1 is 1.00 bits per heavy atom. The number of carbonyl (C=O) groups excluding carboxylic acids is 1. The van der Waals surface area contributed by atoms with Crippen LogP contribution in [0.1, 0.15) is 21.5 Å². The summed E-state index contributed by atoms with van der Waals surface area (Å²) in [6.07, 6.45) is 0. The molecule has 3 N–H and O–H groups in total. The normalized spacial score (nSPS) is 12.8. The first-order valence-corrected chi connectivity index (χ1v) is 11.1. The van der Waals surface area contributed by atoms with Gasteiger partial charge in [-0.05, 0) is 36.2 Å². The molecule has 3 aromatic carbocycles. The monoisotopic (exact) mass is 504 g/mol. The number of hydrogen-bond acceptors (Lipinski definition) is 4. The maximum absolute atomic E-state index is 13.4. The molecular formula is C26H21BrN2O4. The molecule has 1 aromatic heterocycles. The van der Waals surface area contributed by atoms with Gasteiger partial charge in [-0.15, -0.1) is 0 Å². The van der Waals surface area contributed by atoms with E-state index in [9.17, 15) is 19.8 Å². The Labute approximate surface area is 199 Å². The number of benzene rings is 3. The minimum absolute atomic E-state index is 0.182. The third kappa shape index (κ3) is 4.37. The van der Waals surface area contributed by atoms with Crippen LogP contribution in [0.3, 0.4) is 0 Å². The van der Waals surface area contributed by atoms with Crippen LogP contribution in [0.15, 0.2) is 83.3 Å². The van der Waals surface area contributed by atoms with Gasteiger partial charge in [0.15, 0.2) is 0 Å². The third-order valence-electron chi connectivity index (χ3n) is 5.57. The molecule has 4 aromatic rings. The second-order valence-corrected chi connectivity index (χ2v) is 8.62. The summed E-state index contributed by atoms with van der Waals surface area (Å²) in [4.78, 5) is 30.1. The van der Waals surface area contributed by atoms with Crippen LogP contribution < -0.4 is 5.32 Å². The molecule has 166 valence electrons. The van der Waals surface area contributed by atoms with E-state index < -0.39 is 24.0 Å². The molecule has 1 heterocycles. The van der Waals surface area contributed by atoms with Gasteiger partial charge in [0.1, 0.15) is 0 Å². The fourth-order valence-electron chi connectivity index (χ4n) is 3.81. The second kappa shape index (κ2) is 9.13. The van der Waals surface area contributed by atoms with Gasteiger partial charge in [0.05, 0.1) is 23.3 Å². The lowest BCUT2D eigenvalue weighted by Crippen LogP contribution is -2.46. The van der Waals surface area contributed by atoms with Gasteiger partial charge in [0.2, 0.25) is 5.60 Å². The van der Waals surface area contributed by atoms with Crippen molar-refractivity contribution in [1.29, 1.82) is 0 Å². The van der Waals surface area contributed by atoms with Gasteiger partial charge in [-0.3, -0.25) is 4.79 Å². The average molecular weight is 505 g/mol. The lowest BCUT2D eigenvalue weighted by molar-refractivity contribution is -0.159. The number of carboxylic acids is 1. The van der Waals surface area contributed by atoms with E-state index in [0.29, 0.717) is 27.7 Å². The highest BCUT2D eigenvalue weighted by atomic mass is 79.9. The SMILES string of the molecule is Cc1c(-c2ccccc2)nc2ccc(Br)cc2c1C(=O)NC[C@@](O)(C(=O)O)c1ccccc1. The minimum Gasteiger partial charge on any atom is -0.479 e. The molecule has 0 bridgehead atoms. The van der Waals surface area contributed by atoms with E-state index in [2.05, 4.69) is 21.2 Å². The molecule has 1 amide bonds. The standard InChI is InChI=1S/C26H21BrN2O4/c1-16-22(24(30)28-15-26(33,25(31)32)18-10-6-3-7-11-18)20-14-19(27)12-13-21(20)29-23(16)17-8-4-2-5-9-17/h2-14,33H,15H2,1H3,(H,28,30)(H,31,32)/t26-/m0/s1.